The zero-order valence-corrected chi connectivity index (χ0v) is 13.1. The van der Waals surface area contributed by atoms with Crippen LogP contribution in [0, 0.1) is 0 Å². The maximum Gasteiger partial charge on any atom is 0.252 e. The van der Waals surface area contributed by atoms with Gasteiger partial charge in [-0.3, -0.25) is 9.78 Å². The second kappa shape index (κ2) is 7.09. The van der Waals surface area contributed by atoms with E-state index < -0.39 is 0 Å². The summed E-state index contributed by atoms with van der Waals surface area (Å²) in [4.78, 5) is 15.9. The van der Waals surface area contributed by atoms with Crippen molar-refractivity contribution < 1.29 is 4.79 Å². The number of hydrogen-bond donors (Lipinski definition) is 1. The molecule has 0 saturated heterocycles. The van der Waals surface area contributed by atoms with Crippen molar-refractivity contribution >= 4 is 29.2 Å². The van der Waals surface area contributed by atoms with E-state index in [9.17, 15) is 4.79 Å². The lowest BCUT2D eigenvalue weighted by Crippen LogP contribution is -2.25. The minimum Gasteiger partial charge on any atom is -0.352 e. The summed E-state index contributed by atoms with van der Waals surface area (Å²) in [5.74, 6) is -0.0802. The van der Waals surface area contributed by atoms with Crippen LogP contribution in [0.4, 0.5) is 0 Å². The normalized spacial score (nSPS) is 10.2. The molecule has 0 aliphatic rings. The van der Waals surface area contributed by atoms with Gasteiger partial charge in [0.25, 0.3) is 5.91 Å². The highest BCUT2D eigenvalue weighted by Crippen LogP contribution is 2.20. The molecule has 1 amide bonds. The Morgan fingerprint density at radius 3 is 2.82 bits per heavy atom. The van der Waals surface area contributed by atoms with Gasteiger partial charge in [-0.2, -0.15) is 0 Å². The number of aryl methyl sites for hydroxylation is 1. The summed E-state index contributed by atoms with van der Waals surface area (Å²) in [5.41, 5.74) is 3.06. The van der Waals surface area contributed by atoms with Crippen LogP contribution < -0.4 is 5.32 Å². The molecule has 0 atom stereocenters. The summed E-state index contributed by atoms with van der Waals surface area (Å²) >= 11 is 0. The van der Waals surface area contributed by atoms with Gasteiger partial charge in [0.2, 0.25) is 0 Å². The molecule has 3 aromatic rings. The predicted octanol–water partition coefficient (Wildman–Crippen LogP) is 2.97. The number of nitrogens with zero attached hydrogens (tertiary/aromatic N) is 2. The van der Waals surface area contributed by atoms with Crippen LogP contribution in [-0.2, 0) is 13.5 Å². The Bertz CT molecular complexity index is 768. The molecular weight excluding hydrogens is 298 g/mol. The molecule has 0 aliphatic carbocycles. The Balaban J connectivity index is 0.00000176. The molecule has 1 aromatic carbocycles. The minimum absolute atomic E-state index is 0. The van der Waals surface area contributed by atoms with Crippen molar-refractivity contribution in [1.82, 2.24) is 14.9 Å². The monoisotopic (exact) mass is 315 g/mol. The van der Waals surface area contributed by atoms with Gasteiger partial charge in [-0.15, -0.1) is 12.4 Å². The first-order valence-electron chi connectivity index (χ1n) is 6.97. The molecule has 114 valence electrons. The summed E-state index contributed by atoms with van der Waals surface area (Å²) < 4.78 is 2.12. The van der Waals surface area contributed by atoms with Crippen LogP contribution in [0.1, 0.15) is 15.9 Å². The number of hydrogen-bond acceptors (Lipinski definition) is 2. The summed E-state index contributed by atoms with van der Waals surface area (Å²) in [6.07, 6.45) is 6.17. The maximum absolute atomic E-state index is 11.9. The first-order valence-corrected chi connectivity index (χ1v) is 6.97. The van der Waals surface area contributed by atoms with Gasteiger partial charge in [0.15, 0.2) is 0 Å². The van der Waals surface area contributed by atoms with Crippen LogP contribution in [0.2, 0.25) is 0 Å². The SMILES string of the molecule is Cl.Cn1cc(CCNC(=O)c2cccnc2)c2ccccc21. The molecule has 22 heavy (non-hydrogen) atoms. The molecule has 2 heterocycles. The Labute approximate surface area is 135 Å². The quantitative estimate of drug-likeness (QED) is 0.804. The molecule has 0 aliphatic heterocycles. The number of rotatable bonds is 4. The van der Waals surface area contributed by atoms with Gasteiger partial charge >= 0.3 is 0 Å². The fourth-order valence-corrected chi connectivity index (χ4v) is 2.53. The highest BCUT2D eigenvalue weighted by Gasteiger charge is 2.07. The standard InChI is InChI=1S/C17H17N3O.ClH/c1-20-12-14(15-6-2-3-7-16(15)20)8-10-19-17(21)13-5-4-9-18-11-13;/h2-7,9,11-12H,8,10H2,1H3,(H,19,21);1H. The van der Waals surface area contributed by atoms with Crippen molar-refractivity contribution in [2.24, 2.45) is 7.05 Å². The van der Waals surface area contributed by atoms with Crippen LogP contribution in [0.3, 0.4) is 0 Å². The number of aromatic nitrogens is 2. The summed E-state index contributed by atoms with van der Waals surface area (Å²) in [5, 5.41) is 4.18. The van der Waals surface area contributed by atoms with Gasteiger partial charge in [-0.25, -0.2) is 0 Å². The van der Waals surface area contributed by atoms with Gasteiger partial charge in [0, 0.05) is 43.1 Å². The molecule has 2 aromatic heterocycles. The van der Waals surface area contributed by atoms with Crippen LogP contribution in [0.15, 0.2) is 55.0 Å². The van der Waals surface area contributed by atoms with E-state index in [-0.39, 0.29) is 18.3 Å². The smallest absolute Gasteiger partial charge is 0.252 e. The zero-order valence-electron chi connectivity index (χ0n) is 12.3. The molecule has 4 nitrogen and oxygen atoms in total. The molecule has 0 radical (unpaired) electrons. The van der Waals surface area contributed by atoms with Crippen LogP contribution >= 0.6 is 12.4 Å². The maximum atomic E-state index is 11.9. The lowest BCUT2D eigenvalue weighted by molar-refractivity contribution is 0.0954. The fourth-order valence-electron chi connectivity index (χ4n) is 2.53. The van der Waals surface area contributed by atoms with E-state index in [0.29, 0.717) is 12.1 Å². The van der Waals surface area contributed by atoms with Crippen molar-refractivity contribution in [2.75, 3.05) is 6.54 Å². The van der Waals surface area contributed by atoms with Gasteiger partial charge in [0.05, 0.1) is 5.56 Å². The van der Waals surface area contributed by atoms with Crippen molar-refractivity contribution in [2.45, 2.75) is 6.42 Å². The predicted molar refractivity (Wildman–Crippen MR) is 90.4 cm³/mol. The van der Waals surface area contributed by atoms with Crippen molar-refractivity contribution in [3.05, 3.63) is 66.1 Å². The Morgan fingerprint density at radius 1 is 1.23 bits per heavy atom. The van der Waals surface area contributed by atoms with Crippen LogP contribution in [0.5, 0.6) is 0 Å². The summed E-state index contributed by atoms with van der Waals surface area (Å²) in [7, 11) is 2.04. The van der Waals surface area contributed by atoms with Gasteiger partial charge in [-0.05, 0) is 30.2 Å². The van der Waals surface area contributed by atoms with E-state index in [2.05, 4.69) is 33.2 Å². The highest BCUT2D eigenvalue weighted by molar-refractivity contribution is 5.93. The molecule has 1 N–H and O–H groups in total. The number of benzene rings is 1. The summed E-state index contributed by atoms with van der Waals surface area (Å²) in [6, 6.07) is 11.8. The minimum atomic E-state index is -0.0802. The largest absolute Gasteiger partial charge is 0.352 e. The van der Waals surface area contributed by atoms with E-state index >= 15 is 0 Å². The van der Waals surface area contributed by atoms with Crippen molar-refractivity contribution in [3.63, 3.8) is 0 Å². The van der Waals surface area contributed by atoms with E-state index in [1.807, 2.05) is 19.2 Å². The molecular formula is C17H18ClN3O. The molecule has 0 bridgehead atoms. The molecule has 0 spiro atoms. The number of nitrogens with one attached hydrogen (secondary N) is 1. The van der Waals surface area contributed by atoms with E-state index in [0.717, 1.165) is 6.42 Å². The van der Waals surface area contributed by atoms with Gasteiger partial charge in [-0.1, -0.05) is 18.2 Å². The number of halogens is 1. The number of pyridine rings is 1. The molecule has 5 heteroatoms. The third-order valence-electron chi connectivity index (χ3n) is 3.58. The third kappa shape index (κ3) is 3.28. The zero-order chi connectivity index (χ0) is 14.7. The van der Waals surface area contributed by atoms with E-state index in [1.165, 1.54) is 16.5 Å². The average molecular weight is 316 g/mol. The molecule has 0 unspecified atom stereocenters. The Hall–Kier alpha value is -2.33. The van der Waals surface area contributed by atoms with Crippen LogP contribution in [0.25, 0.3) is 10.9 Å². The number of carbonyl (C=O) groups excluding carboxylic acids is 1. The number of para-hydroxylation sites is 1. The lowest BCUT2D eigenvalue weighted by Gasteiger charge is -2.04. The van der Waals surface area contributed by atoms with Gasteiger partial charge < -0.3 is 9.88 Å². The second-order valence-corrected chi connectivity index (χ2v) is 5.03. The van der Waals surface area contributed by atoms with Crippen molar-refractivity contribution in [3.8, 4) is 0 Å². The topological polar surface area (TPSA) is 46.9 Å². The van der Waals surface area contributed by atoms with E-state index in [4.69, 9.17) is 0 Å². The van der Waals surface area contributed by atoms with Crippen molar-refractivity contribution in [1.29, 1.82) is 0 Å². The fraction of sp³-hybridized carbons (Fsp3) is 0.176. The number of amides is 1. The van der Waals surface area contributed by atoms with Crippen LogP contribution in [-0.4, -0.2) is 22.0 Å². The molecule has 3 rings (SSSR count). The molecule has 0 saturated carbocycles. The number of carbonyl (C=O) groups is 1. The number of fused-ring (bicyclic) bond motifs is 1. The highest BCUT2D eigenvalue weighted by atomic mass is 35.5. The average Bonchev–Trinajstić information content (AvgIpc) is 2.85. The van der Waals surface area contributed by atoms with Gasteiger partial charge in [0.1, 0.15) is 0 Å². The Kier molecular flexibility index (Phi) is 5.17. The first-order chi connectivity index (χ1) is 10.3. The van der Waals surface area contributed by atoms with E-state index in [1.54, 1.807) is 24.5 Å². The Morgan fingerprint density at radius 2 is 2.05 bits per heavy atom. The second-order valence-electron chi connectivity index (χ2n) is 5.03. The first kappa shape index (κ1) is 16.0. The molecule has 0 fully saturated rings. The third-order valence-corrected chi connectivity index (χ3v) is 3.58. The summed E-state index contributed by atoms with van der Waals surface area (Å²) in [6.45, 7) is 0.613. The lowest BCUT2D eigenvalue weighted by atomic mass is 10.1.